The number of guanidine groups is 1. The minimum atomic E-state index is 0.249. The zero-order valence-corrected chi connectivity index (χ0v) is 20.4. The van der Waals surface area contributed by atoms with E-state index in [9.17, 15) is 5.11 Å². The number of aliphatic imine (C=N–C) groups is 1. The molecule has 176 valence electrons. The van der Waals surface area contributed by atoms with Crippen molar-refractivity contribution in [3.05, 3.63) is 46.8 Å². The highest BCUT2D eigenvalue weighted by Gasteiger charge is 2.18. The molecule has 1 unspecified atom stereocenters. The molecule has 2 aromatic rings. The van der Waals surface area contributed by atoms with Crippen molar-refractivity contribution in [3.8, 4) is 0 Å². The number of rotatable bonds is 8. The summed E-state index contributed by atoms with van der Waals surface area (Å²) >= 11 is 0. The molecule has 1 atom stereocenters. The molecule has 3 N–H and O–H groups in total. The molecule has 1 aliphatic rings. The van der Waals surface area contributed by atoms with Gasteiger partial charge in [0.05, 0.1) is 12.2 Å². The van der Waals surface area contributed by atoms with E-state index in [2.05, 4.69) is 72.6 Å². The van der Waals surface area contributed by atoms with Crippen molar-refractivity contribution in [2.24, 2.45) is 18.0 Å². The lowest BCUT2D eigenvalue weighted by molar-refractivity contribution is 0.203. The normalized spacial score (nSPS) is 16.3. The number of nitrogens with zero attached hydrogens (tertiary/aromatic N) is 4. The predicted octanol–water partition coefficient (Wildman–Crippen LogP) is 2.93. The lowest BCUT2D eigenvalue weighted by atomic mass is 9.97. The minimum Gasteiger partial charge on any atom is -0.396 e. The average Bonchev–Trinajstić information content (AvgIpc) is 3.04. The smallest absolute Gasteiger partial charge is 0.191 e. The SMILES string of the molecule is CCNC(=NCc1ccc(N2CCC(CO)CC2)cc1)NC(C)Cc1c(C)nn(C)c1C. The average molecular weight is 441 g/mol. The standard InChI is InChI=1S/C25H40N6O/c1-6-26-25(28-18(2)15-24-19(3)29-30(5)20(24)4)27-16-21-7-9-23(10-8-21)31-13-11-22(17-32)12-14-31/h7-10,18,22,32H,6,11-17H2,1-5H3,(H2,26,27,28). The van der Waals surface area contributed by atoms with Gasteiger partial charge in [-0.05, 0) is 76.1 Å². The van der Waals surface area contributed by atoms with Crippen molar-refractivity contribution in [1.29, 1.82) is 0 Å². The number of piperidine rings is 1. The summed E-state index contributed by atoms with van der Waals surface area (Å²) in [6.07, 6.45) is 3.05. The van der Waals surface area contributed by atoms with Crippen LogP contribution in [0.5, 0.6) is 0 Å². The second kappa shape index (κ2) is 11.4. The molecule has 1 aromatic heterocycles. The summed E-state index contributed by atoms with van der Waals surface area (Å²) in [5, 5.41) is 20.8. The molecular formula is C25H40N6O. The number of hydrogen-bond acceptors (Lipinski definition) is 4. The van der Waals surface area contributed by atoms with Crippen LogP contribution in [0.3, 0.4) is 0 Å². The molecule has 0 amide bonds. The Hall–Kier alpha value is -2.54. The molecule has 1 fully saturated rings. The van der Waals surface area contributed by atoms with E-state index in [4.69, 9.17) is 4.99 Å². The Morgan fingerprint density at radius 2 is 1.91 bits per heavy atom. The molecule has 0 spiro atoms. The molecule has 7 nitrogen and oxygen atoms in total. The molecular weight excluding hydrogens is 400 g/mol. The highest BCUT2D eigenvalue weighted by atomic mass is 16.3. The van der Waals surface area contributed by atoms with Crippen molar-refractivity contribution in [1.82, 2.24) is 20.4 Å². The summed E-state index contributed by atoms with van der Waals surface area (Å²) < 4.78 is 1.95. The molecule has 7 heteroatoms. The van der Waals surface area contributed by atoms with Gasteiger partial charge in [0, 0.05) is 50.7 Å². The lowest BCUT2D eigenvalue weighted by Crippen LogP contribution is -2.43. The number of aliphatic hydroxyl groups is 1. The Morgan fingerprint density at radius 3 is 2.47 bits per heavy atom. The fourth-order valence-corrected chi connectivity index (χ4v) is 4.38. The fourth-order valence-electron chi connectivity index (χ4n) is 4.38. The number of hydrogen-bond donors (Lipinski definition) is 3. The third kappa shape index (κ3) is 6.25. The summed E-state index contributed by atoms with van der Waals surface area (Å²) in [7, 11) is 2.00. The highest BCUT2D eigenvalue weighted by Crippen LogP contribution is 2.23. The van der Waals surface area contributed by atoms with Gasteiger partial charge in [-0.1, -0.05) is 12.1 Å². The van der Waals surface area contributed by atoms with Crippen LogP contribution in [0, 0.1) is 19.8 Å². The topological polar surface area (TPSA) is 77.7 Å². The van der Waals surface area contributed by atoms with Gasteiger partial charge in [-0.15, -0.1) is 0 Å². The minimum absolute atomic E-state index is 0.249. The van der Waals surface area contributed by atoms with E-state index in [1.807, 2.05) is 11.7 Å². The zero-order chi connectivity index (χ0) is 23.1. The van der Waals surface area contributed by atoms with Crippen molar-refractivity contribution < 1.29 is 5.11 Å². The number of nitrogens with one attached hydrogen (secondary N) is 2. The molecule has 0 bridgehead atoms. The first kappa shape index (κ1) is 24.1. The maximum absolute atomic E-state index is 9.33. The monoisotopic (exact) mass is 440 g/mol. The van der Waals surface area contributed by atoms with Crippen molar-refractivity contribution >= 4 is 11.6 Å². The first-order valence-corrected chi connectivity index (χ1v) is 11.9. The third-order valence-electron chi connectivity index (χ3n) is 6.49. The maximum Gasteiger partial charge on any atom is 0.191 e. The van der Waals surface area contributed by atoms with Gasteiger partial charge >= 0.3 is 0 Å². The van der Waals surface area contributed by atoms with E-state index in [1.165, 1.54) is 22.5 Å². The number of aliphatic hydroxyl groups excluding tert-OH is 1. The van der Waals surface area contributed by atoms with Crippen LogP contribution in [0.1, 0.15) is 49.2 Å². The lowest BCUT2D eigenvalue weighted by Gasteiger charge is -2.32. The van der Waals surface area contributed by atoms with Gasteiger partial charge in [0.25, 0.3) is 0 Å². The molecule has 2 heterocycles. The maximum atomic E-state index is 9.33. The Balaban J connectivity index is 1.57. The van der Waals surface area contributed by atoms with Crippen LogP contribution >= 0.6 is 0 Å². The first-order valence-electron chi connectivity index (χ1n) is 11.9. The fraction of sp³-hybridized carbons (Fsp3) is 0.600. The van der Waals surface area contributed by atoms with Crippen molar-refractivity contribution in [2.75, 3.05) is 31.1 Å². The van der Waals surface area contributed by atoms with Gasteiger partial charge in [-0.2, -0.15) is 5.10 Å². The highest BCUT2D eigenvalue weighted by molar-refractivity contribution is 5.80. The number of anilines is 1. The summed E-state index contributed by atoms with van der Waals surface area (Å²) in [4.78, 5) is 7.22. The third-order valence-corrected chi connectivity index (χ3v) is 6.49. The molecule has 32 heavy (non-hydrogen) atoms. The first-order chi connectivity index (χ1) is 15.4. The Bertz CT molecular complexity index is 881. The van der Waals surface area contributed by atoms with Gasteiger partial charge in [0.2, 0.25) is 0 Å². The largest absolute Gasteiger partial charge is 0.396 e. The van der Waals surface area contributed by atoms with Crippen LogP contribution in [0.4, 0.5) is 5.69 Å². The molecule has 0 saturated carbocycles. The molecule has 1 aromatic carbocycles. The van der Waals surface area contributed by atoms with E-state index in [-0.39, 0.29) is 6.04 Å². The van der Waals surface area contributed by atoms with Crippen LogP contribution < -0.4 is 15.5 Å². The predicted molar refractivity (Wildman–Crippen MR) is 132 cm³/mol. The number of aryl methyl sites for hydroxylation is 2. The van der Waals surface area contributed by atoms with Gasteiger partial charge in [0.1, 0.15) is 0 Å². The van der Waals surface area contributed by atoms with Gasteiger partial charge in [-0.3, -0.25) is 4.68 Å². The summed E-state index contributed by atoms with van der Waals surface area (Å²) in [5.74, 6) is 1.31. The van der Waals surface area contributed by atoms with Crippen LogP contribution in [0.15, 0.2) is 29.3 Å². The van der Waals surface area contributed by atoms with E-state index in [1.54, 1.807) is 0 Å². The molecule has 3 rings (SSSR count). The van der Waals surface area contributed by atoms with Gasteiger partial charge < -0.3 is 20.6 Å². The number of benzene rings is 1. The molecule has 1 saturated heterocycles. The van der Waals surface area contributed by atoms with E-state index >= 15 is 0 Å². The van der Waals surface area contributed by atoms with Crippen molar-refractivity contribution in [2.45, 2.75) is 59.5 Å². The Morgan fingerprint density at radius 1 is 1.22 bits per heavy atom. The number of aromatic nitrogens is 2. The van der Waals surface area contributed by atoms with Gasteiger partial charge in [0.15, 0.2) is 5.96 Å². The van der Waals surface area contributed by atoms with Crippen LogP contribution in [-0.4, -0.2) is 53.1 Å². The second-order valence-electron chi connectivity index (χ2n) is 9.00. The summed E-state index contributed by atoms with van der Waals surface area (Å²) in [5.41, 5.74) is 6.08. The molecule has 1 aliphatic heterocycles. The second-order valence-corrected chi connectivity index (χ2v) is 9.00. The zero-order valence-electron chi connectivity index (χ0n) is 20.4. The molecule has 0 aliphatic carbocycles. The van der Waals surface area contributed by atoms with Crippen LogP contribution in [-0.2, 0) is 20.0 Å². The van der Waals surface area contributed by atoms with Gasteiger partial charge in [-0.25, -0.2) is 4.99 Å². The Labute approximate surface area is 192 Å². The van der Waals surface area contributed by atoms with E-state index in [0.717, 1.165) is 50.6 Å². The van der Waals surface area contributed by atoms with Crippen molar-refractivity contribution in [3.63, 3.8) is 0 Å². The summed E-state index contributed by atoms with van der Waals surface area (Å²) in [6, 6.07) is 8.99. The van der Waals surface area contributed by atoms with Crippen LogP contribution in [0.25, 0.3) is 0 Å². The van der Waals surface area contributed by atoms with E-state index in [0.29, 0.717) is 19.1 Å². The quantitative estimate of drug-likeness (QED) is 0.435. The molecule has 0 radical (unpaired) electrons. The summed E-state index contributed by atoms with van der Waals surface area (Å²) in [6.45, 7) is 12.3. The van der Waals surface area contributed by atoms with Crippen LogP contribution in [0.2, 0.25) is 0 Å². The Kier molecular flexibility index (Phi) is 8.56. The van der Waals surface area contributed by atoms with E-state index < -0.39 is 0 Å².